The van der Waals surface area contributed by atoms with E-state index in [-0.39, 0.29) is 30.5 Å². The van der Waals surface area contributed by atoms with Crippen molar-refractivity contribution >= 4 is 51.4 Å². The molecule has 0 aliphatic heterocycles. The van der Waals surface area contributed by atoms with Crippen molar-refractivity contribution in [2.75, 3.05) is 13.2 Å². The van der Waals surface area contributed by atoms with Gasteiger partial charge >= 0.3 is 18.0 Å². The van der Waals surface area contributed by atoms with Crippen LogP contribution in [0.3, 0.4) is 0 Å². The summed E-state index contributed by atoms with van der Waals surface area (Å²) in [6, 6.07) is 0.775. The van der Waals surface area contributed by atoms with E-state index in [1.807, 2.05) is 6.92 Å². The largest absolute Gasteiger partial charge is 0.481 e. The number of amides is 2. The SMILES string of the molecule is CCC[C@H](NC(=O)OCCCCCNC(=O)CCCCCCC(=O)CC(CCCCCC(=O)c1cncc([80Br])c1)C(=O)O)C(=O)O. The maximum absolute atomic E-state index is 12.4. The standard InChI is InChI=1S/C33H50BrN3O9/c1-2-13-28(32(43)44)37-33(45)46-19-12-6-11-18-36-30(40)17-10-4-3-8-15-27(38)21-24(31(41)42)14-7-5-9-16-29(39)25-20-26(34)23-35-22-25/h20,22-24,28H,2-19,21H2,1H3,(H,36,40)(H,37,45)(H,41,42)(H,43,44)/t24?,28-/m0/s1/i34+0. The van der Waals surface area contributed by atoms with E-state index in [4.69, 9.17) is 9.84 Å². The van der Waals surface area contributed by atoms with Crippen LogP contribution >= 0.6 is 15.9 Å². The van der Waals surface area contributed by atoms with Crippen molar-refractivity contribution in [2.45, 2.75) is 122 Å². The third-order valence-corrected chi connectivity index (χ3v) is 7.89. The Morgan fingerprint density at radius 1 is 0.826 bits per heavy atom. The van der Waals surface area contributed by atoms with Crippen molar-refractivity contribution in [3.63, 3.8) is 0 Å². The van der Waals surface area contributed by atoms with Gasteiger partial charge in [0.05, 0.1) is 12.5 Å². The van der Waals surface area contributed by atoms with Crippen molar-refractivity contribution < 1.29 is 43.7 Å². The molecule has 46 heavy (non-hydrogen) atoms. The first-order valence-corrected chi connectivity index (χ1v) is 17.1. The summed E-state index contributed by atoms with van der Waals surface area (Å²) in [7, 11) is 0. The van der Waals surface area contributed by atoms with Crippen LogP contribution < -0.4 is 10.6 Å². The van der Waals surface area contributed by atoms with Gasteiger partial charge in [-0.1, -0.05) is 39.0 Å². The summed E-state index contributed by atoms with van der Waals surface area (Å²) >= 11 is 3.30. The van der Waals surface area contributed by atoms with Crippen LogP contribution in [0.2, 0.25) is 0 Å². The van der Waals surface area contributed by atoms with Crippen molar-refractivity contribution in [1.82, 2.24) is 15.6 Å². The molecule has 0 saturated carbocycles. The Balaban J connectivity index is 2.04. The van der Waals surface area contributed by atoms with Gasteiger partial charge in [-0.15, -0.1) is 0 Å². The third-order valence-electron chi connectivity index (χ3n) is 7.46. The number of hydrogen-bond acceptors (Lipinski definition) is 8. The predicted octanol–water partition coefficient (Wildman–Crippen LogP) is 6.24. The first-order chi connectivity index (χ1) is 22.0. The Morgan fingerprint density at radius 3 is 2.17 bits per heavy atom. The van der Waals surface area contributed by atoms with Gasteiger partial charge in [-0.2, -0.15) is 0 Å². The molecule has 1 unspecified atom stereocenters. The Hall–Kier alpha value is -3.35. The number of alkyl carbamates (subject to hydrolysis) is 1. The Labute approximate surface area is 280 Å². The lowest BCUT2D eigenvalue weighted by molar-refractivity contribution is -0.144. The number of halogens is 1. The van der Waals surface area contributed by atoms with E-state index in [9.17, 15) is 33.9 Å². The zero-order valence-corrected chi connectivity index (χ0v) is 28.5. The number of carbonyl (C=O) groups is 6. The minimum Gasteiger partial charge on any atom is -0.481 e. The first-order valence-electron chi connectivity index (χ1n) is 16.3. The van der Waals surface area contributed by atoms with Gasteiger partial charge in [0.2, 0.25) is 5.91 Å². The molecular weight excluding hydrogens is 662 g/mol. The molecule has 1 rings (SSSR count). The van der Waals surface area contributed by atoms with Crippen LogP contribution in [0.4, 0.5) is 4.79 Å². The van der Waals surface area contributed by atoms with Crippen LogP contribution in [0.25, 0.3) is 0 Å². The second-order valence-corrected chi connectivity index (χ2v) is 12.4. The summed E-state index contributed by atoms with van der Waals surface area (Å²) in [6.45, 7) is 2.52. The van der Waals surface area contributed by atoms with E-state index >= 15 is 0 Å². The molecule has 0 aliphatic rings. The second kappa shape index (κ2) is 24.8. The number of rotatable bonds is 27. The molecule has 2 atom stereocenters. The second-order valence-electron chi connectivity index (χ2n) is 11.5. The zero-order valence-electron chi connectivity index (χ0n) is 26.9. The third kappa shape index (κ3) is 19.9. The number of carbonyl (C=O) groups excluding carboxylic acids is 4. The summed E-state index contributed by atoms with van der Waals surface area (Å²) < 4.78 is 5.75. The number of nitrogens with one attached hydrogen (secondary N) is 2. The molecule has 0 saturated heterocycles. The van der Waals surface area contributed by atoms with Crippen molar-refractivity contribution in [1.29, 1.82) is 0 Å². The van der Waals surface area contributed by atoms with Crippen molar-refractivity contribution in [2.24, 2.45) is 5.92 Å². The number of hydrogen-bond donors (Lipinski definition) is 4. The smallest absolute Gasteiger partial charge is 0.407 e. The van der Waals surface area contributed by atoms with E-state index in [2.05, 4.69) is 31.5 Å². The molecule has 12 nitrogen and oxygen atoms in total. The molecule has 0 spiro atoms. The van der Waals surface area contributed by atoms with Gasteiger partial charge < -0.3 is 25.6 Å². The summed E-state index contributed by atoms with van der Waals surface area (Å²) in [4.78, 5) is 75.0. The van der Waals surface area contributed by atoms with E-state index < -0.39 is 30.0 Å². The van der Waals surface area contributed by atoms with Crippen LogP contribution in [0.5, 0.6) is 0 Å². The molecule has 0 radical (unpaired) electrons. The lowest BCUT2D eigenvalue weighted by Gasteiger charge is -2.13. The van der Waals surface area contributed by atoms with Crippen molar-refractivity contribution in [3.05, 3.63) is 28.5 Å². The van der Waals surface area contributed by atoms with Crippen LogP contribution in [0.15, 0.2) is 22.9 Å². The van der Waals surface area contributed by atoms with Crippen LogP contribution in [0, 0.1) is 5.92 Å². The lowest BCUT2D eigenvalue weighted by atomic mass is 9.93. The summed E-state index contributed by atoms with van der Waals surface area (Å²) in [5.41, 5.74) is 0.546. The van der Waals surface area contributed by atoms with Gasteiger partial charge in [-0.05, 0) is 73.4 Å². The van der Waals surface area contributed by atoms with E-state index in [0.717, 1.165) is 30.2 Å². The quantitative estimate of drug-likeness (QED) is 0.0600. The molecule has 2 amide bonds. The predicted molar refractivity (Wildman–Crippen MR) is 175 cm³/mol. The fourth-order valence-electron chi connectivity index (χ4n) is 4.83. The van der Waals surface area contributed by atoms with E-state index in [1.54, 1.807) is 12.3 Å². The molecule has 0 fully saturated rings. The maximum Gasteiger partial charge on any atom is 0.407 e. The van der Waals surface area contributed by atoms with Gasteiger partial charge in [-0.3, -0.25) is 24.2 Å². The molecule has 0 aliphatic carbocycles. The number of nitrogens with zero attached hydrogens (tertiary/aromatic N) is 1. The highest BCUT2D eigenvalue weighted by Crippen LogP contribution is 2.19. The van der Waals surface area contributed by atoms with Gasteiger partial charge in [0.25, 0.3) is 0 Å². The van der Waals surface area contributed by atoms with Crippen molar-refractivity contribution in [3.8, 4) is 0 Å². The minimum atomic E-state index is -1.09. The Bertz CT molecular complexity index is 1120. The van der Waals surface area contributed by atoms with Gasteiger partial charge in [-0.25, -0.2) is 9.59 Å². The van der Waals surface area contributed by atoms with Crippen LogP contribution in [-0.4, -0.2) is 69.9 Å². The van der Waals surface area contributed by atoms with Crippen LogP contribution in [-0.2, 0) is 23.9 Å². The van der Waals surface area contributed by atoms with E-state index in [0.29, 0.717) is 89.2 Å². The number of carboxylic acids is 2. The summed E-state index contributed by atoms with van der Waals surface area (Å²) in [6.07, 6.45) is 11.9. The summed E-state index contributed by atoms with van der Waals surface area (Å²) in [5, 5.41) is 23.8. The summed E-state index contributed by atoms with van der Waals surface area (Å²) in [5.74, 6) is -2.87. The molecule has 258 valence electrons. The average molecular weight is 713 g/mol. The molecular formula is C33H50BrN3O9. The number of Topliss-reactive ketones (excluding diaryl/α,β-unsaturated/α-hetero) is 2. The highest BCUT2D eigenvalue weighted by Gasteiger charge is 2.21. The number of ketones is 2. The lowest BCUT2D eigenvalue weighted by Crippen LogP contribution is -2.41. The number of carboxylic acid groups (broad SMARTS) is 2. The van der Waals surface area contributed by atoms with E-state index in [1.165, 1.54) is 6.20 Å². The highest BCUT2D eigenvalue weighted by molar-refractivity contribution is 9.10. The van der Waals surface area contributed by atoms with Gasteiger partial charge in [0.1, 0.15) is 11.8 Å². The number of aromatic nitrogens is 1. The van der Waals surface area contributed by atoms with Gasteiger partial charge in [0, 0.05) is 54.7 Å². The normalized spacial score (nSPS) is 12.1. The number of ether oxygens (including phenoxy) is 1. The molecule has 1 aromatic rings. The molecule has 0 bridgehead atoms. The number of aliphatic carboxylic acids is 2. The Morgan fingerprint density at radius 2 is 1.50 bits per heavy atom. The highest BCUT2D eigenvalue weighted by atomic mass is 79.9. The maximum atomic E-state index is 12.4. The molecule has 0 aromatic carbocycles. The number of unbranched alkanes of at least 4 members (excludes halogenated alkanes) is 7. The zero-order chi connectivity index (χ0) is 34.2. The molecule has 1 aromatic heterocycles. The van der Waals surface area contributed by atoms with Crippen LogP contribution in [0.1, 0.15) is 126 Å². The molecule has 1 heterocycles. The monoisotopic (exact) mass is 712 g/mol. The van der Waals surface area contributed by atoms with Gasteiger partial charge in [0.15, 0.2) is 5.78 Å². The fraction of sp³-hybridized carbons (Fsp3) is 0.667. The fourth-order valence-corrected chi connectivity index (χ4v) is 5.19. The molecule has 4 N–H and O–H groups in total. The minimum absolute atomic E-state index is 0.000321. The average Bonchev–Trinajstić information content (AvgIpc) is 3.01. The molecule has 13 heteroatoms. The Kier molecular flexibility index (Phi) is 22.0. The topological polar surface area (TPSA) is 189 Å². The first kappa shape index (κ1) is 40.7. The number of pyridine rings is 1.